The third kappa shape index (κ3) is 2.45. The largest absolute Gasteiger partial charge is 0.480 e. The van der Waals surface area contributed by atoms with Gasteiger partial charge in [0.2, 0.25) is 0 Å². The lowest BCUT2D eigenvalue weighted by molar-refractivity contribution is -0.138. The highest BCUT2D eigenvalue weighted by Crippen LogP contribution is 2.15. The van der Waals surface area contributed by atoms with Crippen molar-refractivity contribution in [1.29, 1.82) is 0 Å². The third-order valence-corrected chi connectivity index (χ3v) is 2.70. The van der Waals surface area contributed by atoms with Gasteiger partial charge in [0.1, 0.15) is 11.9 Å². The Hall–Kier alpha value is -1.88. The SMILES string of the molecule is CCc1nc2ccc(CC(N)C(=O)O)cc2[nH]1. The first kappa shape index (κ1) is 11.6. The van der Waals surface area contributed by atoms with Gasteiger partial charge in [0, 0.05) is 6.42 Å². The standard InChI is InChI=1S/C12H15N3O2/c1-2-11-14-9-4-3-7(6-10(9)15-11)5-8(13)12(16)17/h3-4,6,8H,2,5,13H2,1H3,(H,14,15)(H,16,17). The fourth-order valence-electron chi connectivity index (χ4n) is 1.75. The van der Waals surface area contributed by atoms with E-state index in [0.29, 0.717) is 6.42 Å². The number of fused-ring (bicyclic) bond motifs is 1. The van der Waals surface area contributed by atoms with E-state index in [1.54, 1.807) is 0 Å². The molecule has 1 unspecified atom stereocenters. The van der Waals surface area contributed by atoms with E-state index in [9.17, 15) is 4.79 Å². The predicted octanol–water partition coefficient (Wildman–Crippen LogP) is 1.08. The van der Waals surface area contributed by atoms with Crippen molar-refractivity contribution in [2.75, 3.05) is 0 Å². The Morgan fingerprint density at radius 3 is 3.00 bits per heavy atom. The predicted molar refractivity (Wildman–Crippen MR) is 64.8 cm³/mol. The maximum absolute atomic E-state index is 10.7. The average molecular weight is 233 g/mol. The average Bonchev–Trinajstić information content (AvgIpc) is 2.70. The molecule has 4 N–H and O–H groups in total. The summed E-state index contributed by atoms with van der Waals surface area (Å²) < 4.78 is 0. The van der Waals surface area contributed by atoms with Crippen molar-refractivity contribution in [2.45, 2.75) is 25.8 Å². The number of benzene rings is 1. The quantitative estimate of drug-likeness (QED) is 0.736. The Balaban J connectivity index is 2.27. The number of aryl methyl sites for hydroxylation is 1. The Bertz CT molecular complexity index is 548. The molecule has 2 aromatic rings. The zero-order valence-corrected chi connectivity index (χ0v) is 9.60. The van der Waals surface area contributed by atoms with Gasteiger partial charge in [-0.15, -0.1) is 0 Å². The van der Waals surface area contributed by atoms with Crippen LogP contribution in [-0.2, 0) is 17.6 Å². The van der Waals surface area contributed by atoms with E-state index < -0.39 is 12.0 Å². The molecule has 0 bridgehead atoms. The van der Waals surface area contributed by atoms with Crippen LogP contribution in [0.15, 0.2) is 18.2 Å². The first-order valence-corrected chi connectivity index (χ1v) is 5.56. The zero-order valence-electron chi connectivity index (χ0n) is 9.60. The number of imidazole rings is 1. The van der Waals surface area contributed by atoms with Crippen molar-refractivity contribution < 1.29 is 9.90 Å². The Morgan fingerprint density at radius 1 is 1.59 bits per heavy atom. The molecule has 0 saturated carbocycles. The monoisotopic (exact) mass is 233 g/mol. The summed E-state index contributed by atoms with van der Waals surface area (Å²) >= 11 is 0. The van der Waals surface area contributed by atoms with Crippen molar-refractivity contribution >= 4 is 17.0 Å². The minimum Gasteiger partial charge on any atom is -0.480 e. The number of hydrogen-bond donors (Lipinski definition) is 3. The molecule has 0 fully saturated rings. The van der Waals surface area contributed by atoms with Crippen molar-refractivity contribution in [2.24, 2.45) is 5.73 Å². The number of hydrogen-bond acceptors (Lipinski definition) is 3. The van der Waals surface area contributed by atoms with E-state index in [2.05, 4.69) is 9.97 Å². The summed E-state index contributed by atoms with van der Waals surface area (Å²) in [4.78, 5) is 18.2. The van der Waals surface area contributed by atoms with Gasteiger partial charge >= 0.3 is 5.97 Å². The second-order valence-electron chi connectivity index (χ2n) is 4.04. The number of carboxylic acid groups (broad SMARTS) is 1. The van der Waals surface area contributed by atoms with Crippen LogP contribution in [0.4, 0.5) is 0 Å². The van der Waals surface area contributed by atoms with E-state index in [1.165, 1.54) is 0 Å². The maximum atomic E-state index is 10.7. The lowest BCUT2D eigenvalue weighted by Crippen LogP contribution is -2.32. The van der Waals surface area contributed by atoms with E-state index in [0.717, 1.165) is 28.8 Å². The van der Waals surface area contributed by atoms with Gasteiger partial charge in [-0.05, 0) is 24.1 Å². The maximum Gasteiger partial charge on any atom is 0.320 e. The molecule has 90 valence electrons. The minimum absolute atomic E-state index is 0.325. The van der Waals surface area contributed by atoms with Crippen LogP contribution in [0, 0.1) is 0 Å². The smallest absolute Gasteiger partial charge is 0.320 e. The van der Waals surface area contributed by atoms with Gasteiger partial charge in [0.05, 0.1) is 11.0 Å². The summed E-state index contributed by atoms with van der Waals surface area (Å²) in [5.74, 6) is -0.0522. The number of H-pyrrole nitrogens is 1. The molecule has 0 saturated heterocycles. The summed E-state index contributed by atoms with van der Waals surface area (Å²) in [6, 6.07) is 4.80. The number of aromatic nitrogens is 2. The molecule has 1 aromatic heterocycles. The molecular formula is C12H15N3O2. The molecule has 1 atom stereocenters. The molecule has 5 nitrogen and oxygen atoms in total. The lowest BCUT2D eigenvalue weighted by Gasteiger charge is -2.05. The highest BCUT2D eigenvalue weighted by atomic mass is 16.4. The fourth-order valence-corrected chi connectivity index (χ4v) is 1.75. The molecule has 17 heavy (non-hydrogen) atoms. The normalized spacial score (nSPS) is 12.8. The molecule has 0 aliphatic heterocycles. The van der Waals surface area contributed by atoms with Crippen LogP contribution in [0.1, 0.15) is 18.3 Å². The van der Waals surface area contributed by atoms with Gasteiger partial charge in [-0.3, -0.25) is 4.79 Å². The molecule has 0 aliphatic rings. The molecule has 0 amide bonds. The van der Waals surface area contributed by atoms with Crippen LogP contribution in [0.3, 0.4) is 0 Å². The molecule has 0 aliphatic carbocycles. The number of aromatic amines is 1. The van der Waals surface area contributed by atoms with Gasteiger partial charge in [-0.25, -0.2) is 4.98 Å². The van der Waals surface area contributed by atoms with Gasteiger partial charge in [-0.2, -0.15) is 0 Å². The van der Waals surface area contributed by atoms with Crippen molar-refractivity contribution in [3.05, 3.63) is 29.6 Å². The lowest BCUT2D eigenvalue weighted by atomic mass is 10.1. The van der Waals surface area contributed by atoms with Crippen molar-refractivity contribution in [3.8, 4) is 0 Å². The van der Waals surface area contributed by atoms with Crippen LogP contribution >= 0.6 is 0 Å². The van der Waals surface area contributed by atoms with Gasteiger partial charge in [0.15, 0.2) is 0 Å². The third-order valence-electron chi connectivity index (χ3n) is 2.70. The summed E-state index contributed by atoms with van der Waals surface area (Å²) in [5, 5.41) is 8.75. The van der Waals surface area contributed by atoms with E-state index in [1.807, 2.05) is 25.1 Å². The highest BCUT2D eigenvalue weighted by Gasteiger charge is 2.12. The summed E-state index contributed by atoms with van der Waals surface area (Å²) in [7, 11) is 0. The van der Waals surface area contributed by atoms with Gasteiger partial charge < -0.3 is 15.8 Å². The van der Waals surface area contributed by atoms with Crippen LogP contribution in [0.2, 0.25) is 0 Å². The van der Waals surface area contributed by atoms with Crippen LogP contribution < -0.4 is 5.73 Å². The molecule has 1 aromatic carbocycles. The Morgan fingerprint density at radius 2 is 2.35 bits per heavy atom. The number of aliphatic carboxylic acids is 1. The minimum atomic E-state index is -0.982. The molecule has 2 rings (SSSR count). The molecule has 0 spiro atoms. The van der Waals surface area contributed by atoms with E-state index in [4.69, 9.17) is 10.8 Å². The van der Waals surface area contributed by atoms with Crippen LogP contribution in [0.5, 0.6) is 0 Å². The number of nitrogens with two attached hydrogens (primary N) is 1. The second-order valence-corrected chi connectivity index (χ2v) is 4.04. The van der Waals surface area contributed by atoms with Gasteiger partial charge in [0.25, 0.3) is 0 Å². The number of nitrogens with one attached hydrogen (secondary N) is 1. The summed E-state index contributed by atoms with van der Waals surface area (Å²) in [5.41, 5.74) is 8.23. The number of carboxylic acids is 1. The molecule has 0 radical (unpaired) electrons. The van der Waals surface area contributed by atoms with Crippen LogP contribution in [0.25, 0.3) is 11.0 Å². The first-order valence-electron chi connectivity index (χ1n) is 5.56. The number of rotatable bonds is 4. The highest BCUT2D eigenvalue weighted by molar-refractivity contribution is 5.77. The molecule has 5 heteroatoms. The zero-order chi connectivity index (χ0) is 12.4. The fraction of sp³-hybridized carbons (Fsp3) is 0.333. The van der Waals surface area contributed by atoms with Crippen LogP contribution in [-0.4, -0.2) is 27.1 Å². The topological polar surface area (TPSA) is 92.0 Å². The molecule has 1 heterocycles. The molecular weight excluding hydrogens is 218 g/mol. The van der Waals surface area contributed by atoms with Gasteiger partial charge in [-0.1, -0.05) is 13.0 Å². The number of carbonyl (C=O) groups is 1. The van der Waals surface area contributed by atoms with Crippen molar-refractivity contribution in [3.63, 3.8) is 0 Å². The Kier molecular flexibility index (Phi) is 3.10. The second kappa shape index (κ2) is 4.55. The Labute approximate surface area is 98.7 Å². The van der Waals surface area contributed by atoms with Crippen molar-refractivity contribution in [1.82, 2.24) is 9.97 Å². The summed E-state index contributed by atoms with van der Waals surface area (Å²) in [6.07, 6.45) is 1.17. The number of nitrogens with zero attached hydrogens (tertiary/aromatic N) is 1. The van der Waals surface area contributed by atoms with E-state index >= 15 is 0 Å². The summed E-state index contributed by atoms with van der Waals surface area (Å²) in [6.45, 7) is 2.03. The van der Waals surface area contributed by atoms with E-state index in [-0.39, 0.29) is 0 Å². The first-order chi connectivity index (χ1) is 8.10.